The maximum Gasteiger partial charge on any atom is 0.314 e. The summed E-state index contributed by atoms with van der Waals surface area (Å²) in [4.78, 5) is 18.8. The van der Waals surface area contributed by atoms with Gasteiger partial charge in [0.2, 0.25) is 0 Å². The molecule has 0 spiro atoms. The molecule has 0 unspecified atom stereocenters. The highest BCUT2D eigenvalue weighted by Gasteiger charge is 2.18. The van der Waals surface area contributed by atoms with Gasteiger partial charge in [0.15, 0.2) is 5.82 Å². The molecule has 26 heavy (non-hydrogen) atoms. The Balaban J connectivity index is 1.83. The molecule has 0 fully saturated rings. The van der Waals surface area contributed by atoms with Crippen LogP contribution in [0.3, 0.4) is 0 Å². The van der Waals surface area contributed by atoms with E-state index in [0.717, 1.165) is 22.6 Å². The van der Waals surface area contributed by atoms with Gasteiger partial charge in [-0.2, -0.15) is 4.98 Å². The molecule has 0 saturated heterocycles. The van der Waals surface area contributed by atoms with Gasteiger partial charge in [0.05, 0.1) is 19.3 Å². The number of benzene rings is 1. The van der Waals surface area contributed by atoms with Crippen molar-refractivity contribution in [2.45, 2.75) is 20.4 Å². The summed E-state index contributed by atoms with van der Waals surface area (Å²) >= 11 is 0. The summed E-state index contributed by atoms with van der Waals surface area (Å²) < 4.78 is 11.9. The van der Waals surface area contributed by atoms with E-state index >= 15 is 0 Å². The SMILES string of the molecule is COc1nc(-c2cccc(C(=O)N(C)Cc3c(C)noc3C)c2)nn1C. The Morgan fingerprint density at radius 1 is 1.35 bits per heavy atom. The minimum atomic E-state index is -0.102. The molecule has 1 aromatic carbocycles. The summed E-state index contributed by atoms with van der Waals surface area (Å²) in [6.07, 6.45) is 0. The van der Waals surface area contributed by atoms with Gasteiger partial charge in [0.25, 0.3) is 5.91 Å². The summed E-state index contributed by atoms with van der Waals surface area (Å²) in [6, 6.07) is 7.64. The van der Waals surface area contributed by atoms with Crippen molar-refractivity contribution in [3.05, 3.63) is 46.8 Å². The minimum absolute atomic E-state index is 0.102. The van der Waals surface area contributed by atoms with Gasteiger partial charge in [0.1, 0.15) is 5.76 Å². The molecular weight excluding hydrogens is 334 g/mol. The molecule has 0 N–H and O–H groups in total. The lowest BCUT2D eigenvalue weighted by atomic mass is 10.1. The number of hydrogen-bond donors (Lipinski definition) is 0. The number of rotatable bonds is 5. The normalized spacial score (nSPS) is 10.8. The van der Waals surface area contributed by atoms with E-state index in [-0.39, 0.29) is 5.91 Å². The van der Waals surface area contributed by atoms with E-state index in [1.54, 1.807) is 35.8 Å². The maximum atomic E-state index is 12.8. The van der Waals surface area contributed by atoms with Gasteiger partial charge < -0.3 is 14.2 Å². The molecule has 0 saturated carbocycles. The lowest BCUT2D eigenvalue weighted by Crippen LogP contribution is -2.26. The molecule has 0 aliphatic rings. The van der Waals surface area contributed by atoms with Crippen LogP contribution in [0.25, 0.3) is 11.4 Å². The van der Waals surface area contributed by atoms with Crippen molar-refractivity contribution in [3.63, 3.8) is 0 Å². The van der Waals surface area contributed by atoms with Gasteiger partial charge in [-0.05, 0) is 26.0 Å². The Bertz CT molecular complexity index is 925. The van der Waals surface area contributed by atoms with Crippen LogP contribution < -0.4 is 4.74 Å². The number of carbonyl (C=O) groups is 1. The Morgan fingerprint density at radius 2 is 2.12 bits per heavy atom. The van der Waals surface area contributed by atoms with Crippen molar-refractivity contribution in [2.75, 3.05) is 14.2 Å². The number of aromatic nitrogens is 4. The second kappa shape index (κ2) is 6.99. The molecule has 8 nitrogen and oxygen atoms in total. The van der Waals surface area contributed by atoms with Crippen LogP contribution in [0, 0.1) is 13.8 Å². The van der Waals surface area contributed by atoms with E-state index in [1.165, 1.54) is 7.11 Å². The van der Waals surface area contributed by atoms with Gasteiger partial charge in [-0.1, -0.05) is 17.3 Å². The largest absolute Gasteiger partial charge is 0.467 e. The maximum absolute atomic E-state index is 12.8. The van der Waals surface area contributed by atoms with E-state index < -0.39 is 0 Å². The van der Waals surface area contributed by atoms with Gasteiger partial charge >= 0.3 is 6.01 Å². The van der Waals surface area contributed by atoms with Gasteiger partial charge in [-0.15, -0.1) is 5.10 Å². The molecule has 0 bridgehead atoms. The smallest absolute Gasteiger partial charge is 0.314 e. The van der Waals surface area contributed by atoms with Crippen LogP contribution in [0.2, 0.25) is 0 Å². The molecule has 0 radical (unpaired) electrons. The number of nitrogens with zero attached hydrogens (tertiary/aromatic N) is 5. The zero-order chi connectivity index (χ0) is 18.8. The molecule has 2 heterocycles. The summed E-state index contributed by atoms with van der Waals surface area (Å²) in [5.74, 6) is 1.13. The highest BCUT2D eigenvalue weighted by Crippen LogP contribution is 2.21. The van der Waals surface area contributed by atoms with Crippen LogP contribution in [0.5, 0.6) is 6.01 Å². The van der Waals surface area contributed by atoms with Crippen molar-refractivity contribution in [1.82, 2.24) is 24.8 Å². The van der Waals surface area contributed by atoms with Gasteiger partial charge in [-0.25, -0.2) is 4.68 Å². The number of carbonyl (C=O) groups excluding carboxylic acids is 1. The molecule has 136 valence electrons. The fraction of sp³-hybridized carbons (Fsp3) is 0.333. The molecule has 8 heteroatoms. The summed E-state index contributed by atoms with van der Waals surface area (Å²) in [7, 11) is 5.04. The summed E-state index contributed by atoms with van der Waals surface area (Å²) in [5, 5.41) is 8.25. The Morgan fingerprint density at radius 3 is 2.73 bits per heavy atom. The third-order valence-electron chi connectivity index (χ3n) is 4.20. The highest BCUT2D eigenvalue weighted by molar-refractivity contribution is 5.95. The monoisotopic (exact) mass is 355 g/mol. The first-order valence-corrected chi connectivity index (χ1v) is 8.13. The number of aryl methyl sites for hydroxylation is 3. The third kappa shape index (κ3) is 3.30. The first-order valence-electron chi connectivity index (χ1n) is 8.13. The van der Waals surface area contributed by atoms with E-state index in [2.05, 4.69) is 15.2 Å². The van der Waals surface area contributed by atoms with Crippen molar-refractivity contribution >= 4 is 5.91 Å². The summed E-state index contributed by atoms with van der Waals surface area (Å²) in [6.45, 7) is 4.14. The van der Waals surface area contributed by atoms with E-state index in [4.69, 9.17) is 9.26 Å². The van der Waals surface area contributed by atoms with Crippen molar-refractivity contribution in [2.24, 2.45) is 7.05 Å². The van der Waals surface area contributed by atoms with Crippen molar-refractivity contribution < 1.29 is 14.1 Å². The average Bonchev–Trinajstić information content (AvgIpc) is 3.17. The molecule has 0 aliphatic carbocycles. The van der Waals surface area contributed by atoms with Crippen LogP contribution in [0.15, 0.2) is 28.8 Å². The zero-order valence-electron chi connectivity index (χ0n) is 15.5. The molecule has 3 rings (SSSR count). The quantitative estimate of drug-likeness (QED) is 0.698. The second-order valence-corrected chi connectivity index (χ2v) is 6.09. The highest BCUT2D eigenvalue weighted by atomic mass is 16.5. The standard InChI is InChI=1S/C18H21N5O3/c1-11-15(12(2)26-21-11)10-22(3)17(24)14-8-6-7-13(9-14)16-19-18(25-5)23(4)20-16/h6-9H,10H2,1-5H3. The lowest BCUT2D eigenvalue weighted by molar-refractivity contribution is 0.0784. The van der Waals surface area contributed by atoms with Crippen molar-refractivity contribution in [3.8, 4) is 17.4 Å². The van der Waals surface area contributed by atoms with Crippen LogP contribution >= 0.6 is 0 Å². The van der Waals surface area contributed by atoms with Crippen molar-refractivity contribution in [1.29, 1.82) is 0 Å². The van der Waals surface area contributed by atoms with Crippen LogP contribution in [-0.2, 0) is 13.6 Å². The molecule has 1 amide bonds. The average molecular weight is 355 g/mol. The Kier molecular flexibility index (Phi) is 4.75. The minimum Gasteiger partial charge on any atom is -0.467 e. The van der Waals surface area contributed by atoms with E-state index in [1.807, 2.05) is 26.0 Å². The molecule has 3 aromatic rings. The second-order valence-electron chi connectivity index (χ2n) is 6.09. The molecule has 2 aromatic heterocycles. The van der Waals surface area contributed by atoms with Crippen LogP contribution in [0.4, 0.5) is 0 Å². The number of methoxy groups -OCH3 is 1. The number of amides is 1. The van der Waals surface area contributed by atoms with Crippen LogP contribution in [-0.4, -0.2) is 44.9 Å². The third-order valence-corrected chi connectivity index (χ3v) is 4.20. The Hall–Kier alpha value is -3.16. The molecule has 0 aliphatic heterocycles. The predicted molar refractivity (Wildman–Crippen MR) is 94.8 cm³/mol. The summed E-state index contributed by atoms with van der Waals surface area (Å²) in [5.41, 5.74) is 3.03. The predicted octanol–water partition coefficient (Wildman–Crippen LogP) is 2.37. The fourth-order valence-corrected chi connectivity index (χ4v) is 2.72. The van der Waals surface area contributed by atoms with E-state index in [0.29, 0.717) is 23.9 Å². The van der Waals surface area contributed by atoms with E-state index in [9.17, 15) is 4.79 Å². The van der Waals surface area contributed by atoms with Gasteiger partial charge in [-0.3, -0.25) is 4.79 Å². The van der Waals surface area contributed by atoms with Crippen LogP contribution in [0.1, 0.15) is 27.4 Å². The number of ether oxygens (including phenoxy) is 1. The van der Waals surface area contributed by atoms with Gasteiger partial charge in [0, 0.05) is 30.8 Å². The first-order chi connectivity index (χ1) is 12.4. The topological polar surface area (TPSA) is 86.3 Å². The Labute approximate surface area is 151 Å². The zero-order valence-corrected chi connectivity index (χ0v) is 15.5. The number of hydrogen-bond acceptors (Lipinski definition) is 6. The fourth-order valence-electron chi connectivity index (χ4n) is 2.72. The first kappa shape index (κ1) is 17.7. The molecule has 0 atom stereocenters. The lowest BCUT2D eigenvalue weighted by Gasteiger charge is -2.17. The molecular formula is C18H21N5O3.